The van der Waals surface area contributed by atoms with Crippen molar-refractivity contribution >= 4 is 11.9 Å². The van der Waals surface area contributed by atoms with Crippen LogP contribution in [0.3, 0.4) is 0 Å². The van der Waals surface area contributed by atoms with Crippen LogP contribution in [-0.4, -0.2) is 34.7 Å². The lowest BCUT2D eigenvalue weighted by molar-refractivity contribution is -0.139. The maximum atomic E-state index is 13.0. The predicted octanol–water partition coefficient (Wildman–Crippen LogP) is 4.01. The zero-order valence-electron chi connectivity index (χ0n) is 18.5. The summed E-state index contributed by atoms with van der Waals surface area (Å²) in [6.45, 7) is 8.01. The number of nitrogens with zero attached hydrogens (tertiary/aromatic N) is 2. The lowest BCUT2D eigenvalue weighted by Crippen LogP contribution is -2.34. The number of dihydropyridines is 1. The van der Waals surface area contributed by atoms with Gasteiger partial charge in [-0.25, -0.2) is 14.6 Å². The minimum absolute atomic E-state index is 0.255. The molecule has 0 aliphatic carbocycles. The Morgan fingerprint density at radius 1 is 0.935 bits per heavy atom. The first-order valence-corrected chi connectivity index (χ1v) is 10.7. The minimum atomic E-state index is -0.568. The number of benzene rings is 1. The fourth-order valence-corrected chi connectivity index (χ4v) is 3.85. The Labute approximate surface area is 182 Å². The monoisotopic (exact) mass is 423 g/mol. The molecule has 0 amide bonds. The minimum Gasteiger partial charge on any atom is -0.463 e. The maximum absolute atomic E-state index is 13.0. The highest BCUT2D eigenvalue weighted by Crippen LogP contribution is 2.41. The average Bonchev–Trinajstić information content (AvgIpc) is 3.33. The first kappa shape index (κ1) is 22.3. The molecule has 1 aliphatic heterocycles. The topological polar surface area (TPSA) is 82.5 Å². The number of rotatable bonds is 8. The van der Waals surface area contributed by atoms with Gasteiger partial charge < -0.3 is 19.4 Å². The quantitative estimate of drug-likeness (QED) is 0.646. The predicted molar refractivity (Wildman–Crippen MR) is 117 cm³/mol. The zero-order chi connectivity index (χ0) is 22.4. The summed E-state index contributed by atoms with van der Waals surface area (Å²) >= 11 is 0. The van der Waals surface area contributed by atoms with Gasteiger partial charge in [-0.05, 0) is 44.4 Å². The van der Waals surface area contributed by atoms with Crippen LogP contribution in [0, 0.1) is 0 Å². The van der Waals surface area contributed by atoms with E-state index in [4.69, 9.17) is 9.47 Å². The number of ether oxygens (including phenoxy) is 2. The Morgan fingerprint density at radius 3 is 1.90 bits per heavy atom. The second-order valence-corrected chi connectivity index (χ2v) is 7.05. The number of esters is 2. The van der Waals surface area contributed by atoms with Gasteiger partial charge >= 0.3 is 11.9 Å². The molecule has 0 unspecified atom stereocenters. The van der Waals surface area contributed by atoms with E-state index in [2.05, 4.69) is 10.3 Å². The Morgan fingerprint density at radius 2 is 1.48 bits per heavy atom. The summed E-state index contributed by atoms with van der Waals surface area (Å²) in [5, 5.41) is 3.31. The fraction of sp³-hybridized carbons (Fsp3) is 0.375. The van der Waals surface area contributed by atoms with Crippen molar-refractivity contribution in [1.29, 1.82) is 0 Å². The van der Waals surface area contributed by atoms with Crippen LogP contribution >= 0.6 is 0 Å². The van der Waals surface area contributed by atoms with Crippen LogP contribution in [0.25, 0.3) is 5.69 Å². The summed E-state index contributed by atoms with van der Waals surface area (Å²) in [6.07, 6.45) is 6.51. The molecule has 2 heterocycles. The third kappa shape index (κ3) is 4.55. The van der Waals surface area contributed by atoms with Crippen molar-refractivity contribution in [3.8, 4) is 5.69 Å². The molecule has 0 fully saturated rings. The molecule has 3 rings (SSSR count). The van der Waals surface area contributed by atoms with E-state index in [1.807, 2.05) is 48.9 Å². The molecule has 0 atom stereocenters. The first-order chi connectivity index (χ1) is 15.0. The van der Waals surface area contributed by atoms with E-state index >= 15 is 0 Å². The molecule has 0 saturated carbocycles. The van der Waals surface area contributed by atoms with Gasteiger partial charge in [0.15, 0.2) is 0 Å². The molecule has 1 aromatic carbocycles. The van der Waals surface area contributed by atoms with Crippen LogP contribution in [0.1, 0.15) is 52.0 Å². The summed E-state index contributed by atoms with van der Waals surface area (Å²) in [6, 6.07) is 7.76. The van der Waals surface area contributed by atoms with Gasteiger partial charge in [0.2, 0.25) is 0 Å². The number of aromatic nitrogens is 2. The van der Waals surface area contributed by atoms with Crippen molar-refractivity contribution in [2.45, 2.75) is 46.5 Å². The smallest absolute Gasteiger partial charge is 0.336 e. The Bertz CT molecular complexity index is 946. The number of carbonyl (C=O) groups excluding carboxylic acids is 2. The molecule has 0 bridgehead atoms. The van der Waals surface area contributed by atoms with Crippen molar-refractivity contribution < 1.29 is 19.1 Å². The molecule has 7 nitrogen and oxygen atoms in total. The van der Waals surface area contributed by atoms with Crippen molar-refractivity contribution in [2.24, 2.45) is 0 Å². The lowest BCUT2D eigenvalue weighted by Gasteiger charge is -2.32. The van der Waals surface area contributed by atoms with E-state index in [9.17, 15) is 9.59 Å². The molecule has 7 heteroatoms. The third-order valence-electron chi connectivity index (χ3n) is 5.26. The van der Waals surface area contributed by atoms with Crippen LogP contribution in [-0.2, 0) is 19.1 Å². The summed E-state index contributed by atoms with van der Waals surface area (Å²) in [5.41, 5.74) is 4.22. The van der Waals surface area contributed by atoms with Crippen LogP contribution < -0.4 is 5.32 Å². The summed E-state index contributed by atoms with van der Waals surface area (Å²) in [7, 11) is 0. The number of imidazole rings is 1. The van der Waals surface area contributed by atoms with Gasteiger partial charge in [-0.2, -0.15) is 0 Å². The molecule has 1 aliphatic rings. The van der Waals surface area contributed by atoms with E-state index in [-0.39, 0.29) is 13.2 Å². The molecule has 1 aromatic heterocycles. The fourth-order valence-electron chi connectivity index (χ4n) is 3.85. The number of carbonyl (C=O) groups is 2. The Balaban J connectivity index is 2.16. The number of allylic oxidation sites excluding steroid dienone is 2. The van der Waals surface area contributed by atoms with Gasteiger partial charge in [0, 0.05) is 29.5 Å². The molecule has 164 valence electrons. The normalized spacial score (nSPS) is 14.5. The van der Waals surface area contributed by atoms with Crippen LogP contribution in [0.2, 0.25) is 0 Å². The van der Waals surface area contributed by atoms with Crippen molar-refractivity contribution in [3.63, 3.8) is 0 Å². The van der Waals surface area contributed by atoms with Crippen molar-refractivity contribution in [1.82, 2.24) is 14.9 Å². The second-order valence-electron chi connectivity index (χ2n) is 7.05. The van der Waals surface area contributed by atoms with E-state index in [0.29, 0.717) is 24.0 Å². The summed E-state index contributed by atoms with van der Waals surface area (Å²) in [5.74, 6) is -1.42. The largest absolute Gasteiger partial charge is 0.463 e. The number of nitrogens with one attached hydrogen (secondary N) is 1. The van der Waals surface area contributed by atoms with Gasteiger partial charge in [0.25, 0.3) is 0 Å². The first-order valence-electron chi connectivity index (χ1n) is 10.7. The maximum Gasteiger partial charge on any atom is 0.336 e. The van der Waals surface area contributed by atoms with Gasteiger partial charge in [0.1, 0.15) is 0 Å². The summed E-state index contributed by atoms with van der Waals surface area (Å²) in [4.78, 5) is 30.1. The van der Waals surface area contributed by atoms with E-state index in [0.717, 1.165) is 22.6 Å². The van der Waals surface area contributed by atoms with Gasteiger partial charge in [-0.15, -0.1) is 0 Å². The zero-order valence-corrected chi connectivity index (χ0v) is 18.5. The van der Waals surface area contributed by atoms with Crippen LogP contribution in [0.4, 0.5) is 0 Å². The Kier molecular flexibility index (Phi) is 7.28. The van der Waals surface area contributed by atoms with Crippen LogP contribution in [0.5, 0.6) is 0 Å². The van der Waals surface area contributed by atoms with E-state index in [1.165, 1.54) is 0 Å². The SMILES string of the molecule is CCOC(=O)C1=C(CC)NC(CC)=C(C(=O)OCC)C1c1ccc(-n2ccnc2)cc1. The highest BCUT2D eigenvalue weighted by atomic mass is 16.5. The average molecular weight is 424 g/mol. The molecule has 0 saturated heterocycles. The van der Waals surface area contributed by atoms with Gasteiger partial charge in [0.05, 0.1) is 36.6 Å². The number of hydrogen-bond donors (Lipinski definition) is 1. The molecule has 0 radical (unpaired) electrons. The third-order valence-corrected chi connectivity index (χ3v) is 5.26. The highest BCUT2D eigenvalue weighted by molar-refractivity contribution is 6.00. The van der Waals surface area contributed by atoms with Crippen molar-refractivity contribution in [2.75, 3.05) is 13.2 Å². The molecular formula is C24H29N3O4. The van der Waals surface area contributed by atoms with E-state index in [1.54, 1.807) is 26.4 Å². The van der Waals surface area contributed by atoms with Gasteiger partial charge in [-0.1, -0.05) is 26.0 Å². The van der Waals surface area contributed by atoms with Gasteiger partial charge in [-0.3, -0.25) is 0 Å². The second kappa shape index (κ2) is 10.1. The number of hydrogen-bond acceptors (Lipinski definition) is 6. The van der Waals surface area contributed by atoms with Crippen LogP contribution in [0.15, 0.2) is 65.5 Å². The molecule has 31 heavy (non-hydrogen) atoms. The molecule has 1 N–H and O–H groups in total. The highest BCUT2D eigenvalue weighted by Gasteiger charge is 2.39. The molecular weight excluding hydrogens is 394 g/mol. The molecule has 0 spiro atoms. The molecule has 2 aromatic rings. The van der Waals surface area contributed by atoms with E-state index < -0.39 is 17.9 Å². The standard InChI is InChI=1S/C24H29N3O4/c1-5-18-21(23(28)30-7-3)20(22(19(6-2)26-18)24(29)31-8-4)16-9-11-17(12-10-16)27-14-13-25-15-27/h9-15,20,26H,5-8H2,1-4H3. The van der Waals surface area contributed by atoms with Crippen molar-refractivity contribution in [3.05, 3.63) is 71.1 Å². The lowest BCUT2D eigenvalue weighted by atomic mass is 9.79. The summed E-state index contributed by atoms with van der Waals surface area (Å²) < 4.78 is 12.7. The Hall–Kier alpha value is -3.35.